The molecule has 0 aliphatic rings. The minimum absolute atomic E-state index is 0. The second kappa shape index (κ2) is 56.0. The van der Waals surface area contributed by atoms with Gasteiger partial charge >= 0.3 is 255 Å². The fourth-order valence-corrected chi connectivity index (χ4v) is 19.1. The molecule has 0 aliphatic carbocycles. The van der Waals surface area contributed by atoms with Crippen molar-refractivity contribution in [2.75, 3.05) is 74.1 Å². The Kier molecular flexibility index (Phi) is 42.8. The molecule has 734 valence electrons. The topological polar surface area (TPSA) is 385 Å². The van der Waals surface area contributed by atoms with Crippen molar-refractivity contribution in [1.82, 2.24) is 10.6 Å². The van der Waals surface area contributed by atoms with Crippen LogP contribution in [0.4, 0.5) is 20.1 Å². The molecule has 35 heteroatoms. The van der Waals surface area contributed by atoms with Crippen LogP contribution in [0.25, 0.3) is 0 Å². The fraction of sp³-hybridized carbons (Fsp3) is 0.215. The van der Waals surface area contributed by atoms with Gasteiger partial charge in [0.25, 0.3) is 5.69 Å². The van der Waals surface area contributed by atoms with E-state index in [1.165, 1.54) is 67.1 Å². The second-order valence-corrected chi connectivity index (χ2v) is 34.2. The first kappa shape index (κ1) is 109. The van der Waals surface area contributed by atoms with Gasteiger partial charge in [-0.15, -0.1) is 35.3 Å². The fourth-order valence-electron chi connectivity index (χ4n) is 14.7. The number of carbonyl (C=O) groups excluding carboxylic acids is 6. The number of nitrogens with one attached hydrogen (secondary N) is 2. The molecule has 0 saturated carbocycles. The summed E-state index contributed by atoms with van der Waals surface area (Å²) in [6.45, 7) is -0.617. The van der Waals surface area contributed by atoms with E-state index >= 15 is 0 Å². The van der Waals surface area contributed by atoms with Crippen LogP contribution in [0.5, 0.6) is 57.5 Å². The Labute approximate surface area is 838 Å². The summed E-state index contributed by atoms with van der Waals surface area (Å²) >= 11 is 4.90. The van der Waals surface area contributed by atoms with Crippen molar-refractivity contribution in [3.8, 4) is 57.5 Å². The summed E-state index contributed by atoms with van der Waals surface area (Å²) in [5.41, 5.74) is 20.8. The molecule has 0 heterocycles. The molecule has 0 aliphatic heterocycles. The Hall–Kier alpha value is -15.4. The van der Waals surface area contributed by atoms with E-state index in [4.69, 9.17) is 77.7 Å². The number of thioether (sulfide) groups is 3. The number of non-ortho nitro benzene ring substituents is 1. The quantitative estimate of drug-likeness (QED) is 0.00317. The largest absolute Gasteiger partial charge is 0.514 e. The average molecular weight is 1980 g/mol. The summed E-state index contributed by atoms with van der Waals surface area (Å²) in [6.07, 6.45) is -4.63. The summed E-state index contributed by atoms with van der Waals surface area (Å²) in [7, 11) is 14.3. The van der Waals surface area contributed by atoms with E-state index in [-0.39, 0.29) is 92.4 Å². The molecule has 0 bridgehead atoms. The molecule has 142 heavy (non-hydrogen) atoms. The molecule has 0 radical (unpaired) electrons. The number of hydrogen-bond donors (Lipinski definition) is 4. The van der Waals surface area contributed by atoms with Crippen LogP contribution >= 0.6 is 35.3 Å². The van der Waals surface area contributed by atoms with Crippen molar-refractivity contribution in [3.63, 3.8) is 0 Å². The van der Waals surface area contributed by atoms with Gasteiger partial charge in [-0.05, 0) is 116 Å². The predicted octanol–water partition coefficient (Wildman–Crippen LogP) is 20.3. The number of methoxy groups -OCH3 is 6. The molecule has 13 rings (SSSR count). The van der Waals surface area contributed by atoms with Crippen LogP contribution in [0.1, 0.15) is 93.5 Å². The van der Waals surface area contributed by atoms with Gasteiger partial charge in [-0.25, -0.2) is 4.79 Å². The van der Waals surface area contributed by atoms with Gasteiger partial charge in [0.1, 0.15) is 29.6 Å². The number of hydrogen-bond acceptors (Lipinski definition) is 30. The number of nitro benzene ring substituents is 1. The summed E-state index contributed by atoms with van der Waals surface area (Å²) in [5.74, 6) is 3.56. The van der Waals surface area contributed by atoms with Gasteiger partial charge in [0.2, 0.25) is 0 Å². The SMILES string of the molecule is C.COB=NC(N)N.COB=NC(NC(=O)OCc1ccc(OC(=O)CCSC(c2ccccc2)(c2ccccc2)c2ccc(OC)cc2)c(OC)c1)NC(=O)OCc1ccc(OC(=O)CCSC(c2ccccc2)(c2ccccc2)c2ccc(OC)cc2)c(OC)c1.COc1ccc(C(SCCC(=O)Oc2ccc(COC(=O)Oc3ccc([N+](=O)[O-])cc3)cc2OC)(c2ccccc2)c2ccccc2)cc1. The van der Waals surface area contributed by atoms with Crippen molar-refractivity contribution >= 4 is 91.8 Å². The van der Waals surface area contributed by atoms with Crippen LogP contribution in [0.15, 0.2) is 343 Å². The van der Waals surface area contributed by atoms with Crippen molar-refractivity contribution < 1.29 is 105 Å². The summed E-state index contributed by atoms with van der Waals surface area (Å²) in [6, 6.07) is 104. The van der Waals surface area contributed by atoms with Gasteiger partial charge in [0.15, 0.2) is 11.5 Å². The standard InChI is InChI=1S/C66H64BN3O13S2.C38H33NO9S.C2H8BN3O.CH4/c1-75-54-32-28-52(29-33-54)65(48-18-10-6-11-19-48,49-20-12-7-13-21-49)84-40-38-60(71)82-56-36-26-46(42-58(56)77-3)44-80-63(73)68-62(70-67-79-5)69-64(74)81-45-47-27-37-57(59(43-47)78-4)83-61(72)39-41-85-66(50-22-14-8-15-23-50,51-24-16-9-17-25-51)53-30-34-55(76-2)35-31-53;1-44-32-18-14-30(15-19-32)38(28-9-5-3-6-10-28,29-11-7-4-8-12-29)49-24-23-36(40)48-34-22-13-27(25-35(34)45-2)26-46-37(41)47-33-20-16-31(17-21-33)39(42)43;1-7-3-6-2(4)5;/h6-37,42-43,62H,38-41,44-45H2,1-5H3,(H,68,73)(H,69,74);3-22,25H,23-24,26H2,1-2H3;2H,4-5H2,1H3;1H4. The number of nitrogens with two attached hydrogens (primary N) is 2. The average Bonchev–Trinajstić information content (AvgIpc) is 0.762. The Morgan fingerprint density at radius 2 is 0.606 bits per heavy atom. The van der Waals surface area contributed by atoms with Crippen molar-refractivity contribution in [2.24, 2.45) is 21.3 Å². The van der Waals surface area contributed by atoms with Gasteiger partial charge in [-0.2, -0.15) is 0 Å². The van der Waals surface area contributed by atoms with E-state index in [0.717, 1.165) is 74.6 Å². The Morgan fingerprint density at radius 3 is 0.859 bits per heavy atom. The van der Waals surface area contributed by atoms with Gasteiger partial charge < -0.3 is 33.2 Å². The maximum absolute atomic E-state index is 13.5. The van der Waals surface area contributed by atoms with Gasteiger partial charge in [0.05, 0.1) is 66.9 Å². The molecule has 13 aromatic carbocycles. The molecule has 0 atom stereocenters. The van der Waals surface area contributed by atoms with E-state index in [9.17, 15) is 38.9 Å². The minimum atomic E-state index is -1.37. The van der Waals surface area contributed by atoms with Crippen molar-refractivity contribution in [1.29, 1.82) is 0 Å². The monoisotopic (exact) mass is 1980 g/mol. The van der Waals surface area contributed by atoms with E-state index in [0.29, 0.717) is 33.9 Å². The third-order valence-electron chi connectivity index (χ3n) is 21.3. The molecule has 0 unspecified atom stereocenters. The zero-order chi connectivity index (χ0) is 100. The maximum Gasteiger partial charge on any atom is 0.514 e. The number of rotatable bonds is 44. The molecule has 0 aromatic heterocycles. The van der Waals surface area contributed by atoms with Gasteiger partial charge in [0, 0.05) is 29.4 Å². The third kappa shape index (κ3) is 30.5. The van der Waals surface area contributed by atoms with Crippen LogP contribution in [0.3, 0.4) is 0 Å². The van der Waals surface area contributed by atoms with E-state index in [1.54, 1.807) is 111 Å². The number of ether oxygens (including phenoxy) is 13. The molecular formula is C107H109B2N7O23S3. The van der Waals surface area contributed by atoms with Crippen molar-refractivity contribution in [3.05, 3.63) is 411 Å². The van der Waals surface area contributed by atoms with E-state index in [1.807, 2.05) is 170 Å². The number of nitro groups is 1. The van der Waals surface area contributed by atoms with E-state index in [2.05, 4.69) is 110 Å². The molecular weight excluding hydrogens is 1870 g/mol. The third-order valence-corrected chi connectivity index (χ3v) is 26.0. The smallest absolute Gasteiger partial charge is 0.497 e. The zero-order valence-electron chi connectivity index (χ0n) is 78.5. The molecule has 0 fully saturated rings. The predicted molar refractivity (Wildman–Crippen MR) is 548 cm³/mol. The van der Waals surface area contributed by atoms with Crippen LogP contribution in [0, 0.1) is 10.1 Å². The maximum atomic E-state index is 13.5. The number of benzene rings is 13. The molecule has 6 N–H and O–H groups in total. The normalized spacial score (nSPS) is 10.9. The summed E-state index contributed by atoms with van der Waals surface area (Å²) in [5, 5.41) is 15.7. The second-order valence-electron chi connectivity index (χ2n) is 30.3. The van der Waals surface area contributed by atoms with Crippen LogP contribution in [-0.4, -0.2) is 142 Å². The zero-order valence-corrected chi connectivity index (χ0v) is 81.0. The van der Waals surface area contributed by atoms with Crippen LogP contribution in [0.2, 0.25) is 0 Å². The summed E-state index contributed by atoms with van der Waals surface area (Å²) < 4.78 is 78.9. The Morgan fingerprint density at radius 1 is 0.338 bits per heavy atom. The number of esters is 3. The van der Waals surface area contributed by atoms with Crippen LogP contribution in [-0.2, 0) is 72.0 Å². The molecule has 30 nitrogen and oxygen atoms in total. The number of carbonyl (C=O) groups is 6. The first-order valence-electron chi connectivity index (χ1n) is 44.0. The Balaban J connectivity index is 0.000000306. The minimum Gasteiger partial charge on any atom is -0.497 e. The van der Waals surface area contributed by atoms with Gasteiger partial charge in [-0.3, -0.25) is 24.5 Å². The number of amides is 2. The molecule has 13 aromatic rings. The molecule has 0 saturated heterocycles. The number of alkyl carbamates (subject to hydrolysis) is 2. The van der Waals surface area contributed by atoms with Crippen molar-refractivity contribution in [2.45, 2.75) is 73.3 Å². The first-order chi connectivity index (χ1) is 68.6. The van der Waals surface area contributed by atoms with Gasteiger partial charge in [-0.1, -0.05) is 232 Å². The number of nitrogens with zero attached hydrogens (tertiary/aromatic N) is 3. The first-order valence-corrected chi connectivity index (χ1v) is 46.9. The van der Waals surface area contributed by atoms with Crippen LogP contribution < -0.4 is 69.5 Å². The Bertz CT molecular complexity index is 5910. The summed E-state index contributed by atoms with van der Waals surface area (Å²) in [4.78, 5) is 96.1. The van der Waals surface area contributed by atoms with E-state index < -0.39 is 68.0 Å². The molecule has 0 spiro atoms. The molecule has 2 amide bonds.